The molecule has 6 heteroatoms. The van der Waals surface area contributed by atoms with E-state index in [1.165, 1.54) is 0 Å². The number of aromatic nitrogens is 2. The van der Waals surface area contributed by atoms with Crippen LogP contribution in [0.25, 0.3) is 11.3 Å². The van der Waals surface area contributed by atoms with Crippen LogP contribution in [0.3, 0.4) is 0 Å². The van der Waals surface area contributed by atoms with Gasteiger partial charge >= 0.3 is 0 Å². The lowest BCUT2D eigenvalue weighted by Gasteiger charge is -2.01. The first-order valence-corrected chi connectivity index (χ1v) is 7.61. The Bertz CT molecular complexity index is 743. The quantitative estimate of drug-likeness (QED) is 0.728. The summed E-state index contributed by atoms with van der Waals surface area (Å²) in [7, 11) is 0. The second kappa shape index (κ2) is 6.20. The molecule has 0 radical (unpaired) electrons. The fourth-order valence-corrected chi connectivity index (χ4v) is 2.70. The first-order chi connectivity index (χ1) is 10.2. The van der Waals surface area contributed by atoms with Crippen molar-refractivity contribution in [1.29, 1.82) is 0 Å². The van der Waals surface area contributed by atoms with Gasteiger partial charge in [-0.15, -0.1) is 11.8 Å². The highest BCUT2D eigenvalue weighted by Gasteiger charge is 2.08. The molecule has 2 aromatic heterocycles. The van der Waals surface area contributed by atoms with Crippen molar-refractivity contribution < 1.29 is 4.42 Å². The van der Waals surface area contributed by atoms with Gasteiger partial charge in [0, 0.05) is 21.7 Å². The molecule has 106 valence electrons. The summed E-state index contributed by atoms with van der Waals surface area (Å²) >= 11 is 7.44. The van der Waals surface area contributed by atoms with Crippen molar-refractivity contribution in [3.8, 4) is 11.3 Å². The summed E-state index contributed by atoms with van der Waals surface area (Å²) in [6, 6.07) is 9.33. The summed E-state index contributed by atoms with van der Waals surface area (Å²) in [6.45, 7) is 0. The van der Waals surface area contributed by atoms with Crippen LogP contribution in [0.2, 0.25) is 5.02 Å². The minimum absolute atomic E-state index is 0.613. The van der Waals surface area contributed by atoms with Gasteiger partial charge in [0.1, 0.15) is 0 Å². The molecule has 0 atom stereocenters. The Kier molecular flexibility index (Phi) is 4.13. The summed E-state index contributed by atoms with van der Waals surface area (Å²) in [4.78, 5) is 9.21. The van der Waals surface area contributed by atoms with E-state index in [4.69, 9.17) is 21.8 Å². The van der Waals surface area contributed by atoms with E-state index < -0.39 is 0 Å². The van der Waals surface area contributed by atoms with Crippen LogP contribution in [0.1, 0.15) is 5.89 Å². The lowest BCUT2D eigenvalue weighted by molar-refractivity contribution is 0.530. The minimum atomic E-state index is 0.613. The van der Waals surface area contributed by atoms with Crippen molar-refractivity contribution in [2.24, 2.45) is 0 Å². The highest BCUT2D eigenvalue weighted by molar-refractivity contribution is 7.98. The van der Waals surface area contributed by atoms with Gasteiger partial charge in [0.25, 0.3) is 0 Å². The number of halogens is 1. The molecule has 0 unspecified atom stereocenters. The SMILES string of the molecule is Nc1cnccc1SCc1ncc(-c2ccc(Cl)cc2)o1. The molecule has 2 N–H and O–H groups in total. The fourth-order valence-electron chi connectivity index (χ4n) is 1.79. The largest absolute Gasteiger partial charge is 0.440 e. The molecule has 0 aliphatic rings. The molecule has 3 rings (SSSR count). The third-order valence-electron chi connectivity index (χ3n) is 2.84. The Hall–Kier alpha value is -1.98. The van der Waals surface area contributed by atoms with E-state index in [2.05, 4.69) is 9.97 Å². The molecule has 0 spiro atoms. The smallest absolute Gasteiger partial charge is 0.205 e. The number of hydrogen-bond donors (Lipinski definition) is 1. The fraction of sp³-hybridized carbons (Fsp3) is 0.0667. The predicted octanol–water partition coefficient (Wildman–Crippen LogP) is 4.26. The zero-order valence-corrected chi connectivity index (χ0v) is 12.6. The van der Waals surface area contributed by atoms with Crippen molar-refractivity contribution in [2.75, 3.05) is 5.73 Å². The van der Waals surface area contributed by atoms with E-state index in [0.717, 1.165) is 16.2 Å². The number of anilines is 1. The van der Waals surface area contributed by atoms with Gasteiger partial charge in [0.2, 0.25) is 5.89 Å². The van der Waals surface area contributed by atoms with Crippen molar-refractivity contribution >= 4 is 29.1 Å². The summed E-state index contributed by atoms with van der Waals surface area (Å²) < 4.78 is 5.74. The Morgan fingerprint density at radius 2 is 1.95 bits per heavy atom. The lowest BCUT2D eigenvalue weighted by atomic mass is 10.2. The normalized spacial score (nSPS) is 10.7. The number of nitrogens with zero attached hydrogens (tertiary/aromatic N) is 2. The van der Waals surface area contributed by atoms with Crippen LogP contribution < -0.4 is 5.73 Å². The Morgan fingerprint density at radius 1 is 1.14 bits per heavy atom. The molecule has 1 aromatic carbocycles. The van der Waals surface area contributed by atoms with E-state index in [-0.39, 0.29) is 0 Å². The first-order valence-electron chi connectivity index (χ1n) is 6.25. The van der Waals surface area contributed by atoms with Crippen LogP contribution >= 0.6 is 23.4 Å². The molecular formula is C15H12ClN3OS. The zero-order chi connectivity index (χ0) is 14.7. The number of nitrogen functional groups attached to an aromatic ring is 1. The van der Waals surface area contributed by atoms with Gasteiger partial charge in [-0.3, -0.25) is 4.98 Å². The van der Waals surface area contributed by atoms with Crippen LogP contribution in [-0.4, -0.2) is 9.97 Å². The molecule has 0 saturated heterocycles. The van der Waals surface area contributed by atoms with Crippen molar-refractivity contribution in [3.63, 3.8) is 0 Å². The Morgan fingerprint density at radius 3 is 2.71 bits per heavy atom. The average Bonchev–Trinajstić information content (AvgIpc) is 2.96. The number of thioether (sulfide) groups is 1. The second-order valence-electron chi connectivity index (χ2n) is 4.33. The van der Waals surface area contributed by atoms with Crippen LogP contribution in [-0.2, 0) is 5.75 Å². The number of benzene rings is 1. The standard InChI is InChI=1S/C15H12ClN3OS/c16-11-3-1-10(2-4-11)13-8-19-15(20-13)9-21-14-5-6-18-7-12(14)17/h1-8H,9,17H2. The third-order valence-corrected chi connectivity index (χ3v) is 4.17. The van der Waals surface area contributed by atoms with Gasteiger partial charge in [-0.25, -0.2) is 4.98 Å². The Labute approximate surface area is 131 Å². The molecule has 21 heavy (non-hydrogen) atoms. The predicted molar refractivity (Wildman–Crippen MR) is 85.2 cm³/mol. The van der Waals surface area contributed by atoms with Gasteiger partial charge < -0.3 is 10.2 Å². The average molecular weight is 318 g/mol. The molecule has 0 fully saturated rings. The number of nitrogens with two attached hydrogens (primary N) is 1. The molecule has 4 nitrogen and oxygen atoms in total. The van der Waals surface area contributed by atoms with E-state index in [1.54, 1.807) is 30.4 Å². The summed E-state index contributed by atoms with van der Waals surface area (Å²) in [5.41, 5.74) is 7.46. The molecular weight excluding hydrogens is 306 g/mol. The lowest BCUT2D eigenvalue weighted by Crippen LogP contribution is -1.89. The van der Waals surface area contributed by atoms with Crippen molar-refractivity contribution in [2.45, 2.75) is 10.6 Å². The van der Waals surface area contributed by atoms with Crippen molar-refractivity contribution in [3.05, 3.63) is 59.8 Å². The van der Waals surface area contributed by atoms with Crippen LogP contribution in [0, 0.1) is 0 Å². The molecule has 0 bridgehead atoms. The minimum Gasteiger partial charge on any atom is -0.440 e. The summed E-state index contributed by atoms with van der Waals surface area (Å²) in [5.74, 6) is 1.99. The maximum absolute atomic E-state index is 5.87. The monoisotopic (exact) mass is 317 g/mol. The maximum Gasteiger partial charge on any atom is 0.205 e. The molecule has 0 amide bonds. The van der Waals surface area contributed by atoms with Gasteiger partial charge in [0.05, 0.1) is 23.8 Å². The molecule has 3 aromatic rings. The highest BCUT2D eigenvalue weighted by atomic mass is 35.5. The van der Waals surface area contributed by atoms with Crippen LogP contribution in [0.5, 0.6) is 0 Å². The molecule has 0 aliphatic carbocycles. The number of pyridine rings is 1. The molecule has 0 saturated carbocycles. The summed E-state index contributed by atoms with van der Waals surface area (Å²) in [5, 5.41) is 0.696. The zero-order valence-electron chi connectivity index (χ0n) is 11.0. The number of hydrogen-bond acceptors (Lipinski definition) is 5. The second-order valence-corrected chi connectivity index (χ2v) is 5.78. The Balaban J connectivity index is 1.71. The number of oxazole rings is 1. The topological polar surface area (TPSA) is 64.9 Å². The summed E-state index contributed by atoms with van der Waals surface area (Å²) in [6.07, 6.45) is 5.07. The van der Waals surface area contributed by atoms with Gasteiger partial charge in [-0.1, -0.05) is 11.6 Å². The maximum atomic E-state index is 5.87. The van der Waals surface area contributed by atoms with E-state index in [9.17, 15) is 0 Å². The highest BCUT2D eigenvalue weighted by Crippen LogP contribution is 2.29. The van der Waals surface area contributed by atoms with Gasteiger partial charge in [-0.05, 0) is 30.3 Å². The molecule has 2 heterocycles. The van der Waals surface area contributed by atoms with Crippen molar-refractivity contribution in [1.82, 2.24) is 9.97 Å². The van der Waals surface area contributed by atoms with Crippen LogP contribution in [0.4, 0.5) is 5.69 Å². The van der Waals surface area contributed by atoms with E-state index >= 15 is 0 Å². The van der Waals surface area contributed by atoms with E-state index in [1.807, 2.05) is 30.3 Å². The van der Waals surface area contributed by atoms with Crippen LogP contribution in [0.15, 0.2) is 58.2 Å². The third kappa shape index (κ3) is 3.37. The van der Waals surface area contributed by atoms with E-state index in [0.29, 0.717) is 22.4 Å². The molecule has 0 aliphatic heterocycles. The number of rotatable bonds is 4. The van der Waals surface area contributed by atoms with Gasteiger partial charge in [-0.2, -0.15) is 0 Å². The first kappa shape index (κ1) is 14.0. The van der Waals surface area contributed by atoms with Gasteiger partial charge in [0.15, 0.2) is 5.76 Å².